The van der Waals surface area contributed by atoms with E-state index in [4.69, 9.17) is 15.2 Å². The molecule has 2 heterocycles. The maximum Gasteiger partial charge on any atom is 0.240 e. The van der Waals surface area contributed by atoms with Gasteiger partial charge in [0.15, 0.2) is 0 Å². The molecule has 3 N–H and O–H groups in total. The van der Waals surface area contributed by atoms with Crippen molar-refractivity contribution in [1.29, 1.82) is 0 Å². The molecule has 1 amide bonds. The highest BCUT2D eigenvalue weighted by molar-refractivity contribution is 5.86. The Morgan fingerprint density at radius 2 is 2.06 bits per heavy atom. The summed E-state index contributed by atoms with van der Waals surface area (Å²) in [7, 11) is 0. The Hall–Kier alpha value is -0.650. The Morgan fingerprint density at radius 1 is 1.28 bits per heavy atom. The molecule has 2 rings (SSSR count). The Bertz CT molecular complexity index is 271. The highest BCUT2D eigenvalue weighted by atomic mass is 16.5. The molecule has 18 heavy (non-hydrogen) atoms. The summed E-state index contributed by atoms with van der Waals surface area (Å²) in [6, 6.07) is 0. The zero-order chi connectivity index (χ0) is 12.8. The summed E-state index contributed by atoms with van der Waals surface area (Å²) in [5.41, 5.74) is 5.37. The van der Waals surface area contributed by atoms with E-state index in [0.29, 0.717) is 38.7 Å². The van der Waals surface area contributed by atoms with Crippen LogP contribution in [0.1, 0.15) is 38.5 Å². The van der Waals surface area contributed by atoms with Crippen LogP contribution >= 0.6 is 0 Å². The molecule has 5 nitrogen and oxygen atoms in total. The lowest BCUT2D eigenvalue weighted by molar-refractivity contribution is -0.129. The zero-order valence-electron chi connectivity index (χ0n) is 11.0. The van der Waals surface area contributed by atoms with E-state index in [-0.39, 0.29) is 5.91 Å². The van der Waals surface area contributed by atoms with Gasteiger partial charge in [-0.2, -0.15) is 0 Å². The number of ether oxygens (including phenoxy) is 2. The Labute approximate surface area is 108 Å². The van der Waals surface area contributed by atoms with Crippen molar-refractivity contribution in [1.82, 2.24) is 5.32 Å². The van der Waals surface area contributed by atoms with Crippen molar-refractivity contribution in [3.8, 4) is 0 Å². The average molecular weight is 256 g/mol. The van der Waals surface area contributed by atoms with Crippen LogP contribution in [-0.2, 0) is 14.3 Å². The smallest absolute Gasteiger partial charge is 0.240 e. The molecule has 1 atom stereocenters. The van der Waals surface area contributed by atoms with E-state index in [1.165, 1.54) is 6.42 Å². The largest absolute Gasteiger partial charge is 0.381 e. The quantitative estimate of drug-likeness (QED) is 0.771. The van der Waals surface area contributed by atoms with Crippen molar-refractivity contribution in [2.75, 3.05) is 26.4 Å². The molecule has 0 aliphatic carbocycles. The molecule has 2 saturated heterocycles. The van der Waals surface area contributed by atoms with Gasteiger partial charge in [-0.15, -0.1) is 0 Å². The van der Waals surface area contributed by atoms with Gasteiger partial charge in [-0.3, -0.25) is 4.79 Å². The third-order valence-corrected chi connectivity index (χ3v) is 3.86. The van der Waals surface area contributed by atoms with Gasteiger partial charge in [0, 0.05) is 26.4 Å². The number of nitrogens with two attached hydrogens (primary N) is 1. The van der Waals surface area contributed by atoms with Crippen molar-refractivity contribution < 1.29 is 14.3 Å². The lowest BCUT2D eigenvalue weighted by Crippen LogP contribution is -2.57. The van der Waals surface area contributed by atoms with Crippen LogP contribution in [0.4, 0.5) is 0 Å². The maximum atomic E-state index is 12.0. The monoisotopic (exact) mass is 256 g/mol. The molecule has 0 bridgehead atoms. The number of carbonyl (C=O) groups is 1. The van der Waals surface area contributed by atoms with E-state index in [1.54, 1.807) is 0 Å². The van der Waals surface area contributed by atoms with Gasteiger partial charge in [-0.1, -0.05) is 0 Å². The van der Waals surface area contributed by atoms with Crippen LogP contribution < -0.4 is 11.1 Å². The van der Waals surface area contributed by atoms with E-state index in [1.807, 2.05) is 0 Å². The van der Waals surface area contributed by atoms with Crippen LogP contribution in [0.3, 0.4) is 0 Å². The van der Waals surface area contributed by atoms with E-state index < -0.39 is 5.54 Å². The van der Waals surface area contributed by atoms with Crippen molar-refractivity contribution in [3.05, 3.63) is 0 Å². The second kappa shape index (κ2) is 6.50. The molecule has 0 aromatic carbocycles. The van der Waals surface area contributed by atoms with Crippen LogP contribution in [0.25, 0.3) is 0 Å². The Morgan fingerprint density at radius 3 is 2.72 bits per heavy atom. The van der Waals surface area contributed by atoms with Crippen LogP contribution in [0.15, 0.2) is 0 Å². The SMILES string of the molecule is NC1(C(=O)NCCC2CCCCO2)CCOCC1. The lowest BCUT2D eigenvalue weighted by Gasteiger charge is -2.32. The minimum absolute atomic E-state index is 0.0402. The van der Waals surface area contributed by atoms with Crippen molar-refractivity contribution in [2.45, 2.75) is 50.2 Å². The summed E-state index contributed by atoms with van der Waals surface area (Å²) >= 11 is 0. The van der Waals surface area contributed by atoms with Gasteiger partial charge in [0.25, 0.3) is 0 Å². The first kappa shape index (κ1) is 13.8. The van der Waals surface area contributed by atoms with Crippen molar-refractivity contribution in [3.63, 3.8) is 0 Å². The second-order valence-electron chi connectivity index (χ2n) is 5.30. The van der Waals surface area contributed by atoms with E-state index in [9.17, 15) is 4.79 Å². The van der Waals surface area contributed by atoms with Crippen LogP contribution in [0, 0.1) is 0 Å². The Kier molecular flexibility index (Phi) is 4.97. The predicted molar refractivity (Wildman–Crippen MR) is 68.2 cm³/mol. The van der Waals surface area contributed by atoms with E-state index in [2.05, 4.69) is 5.32 Å². The first-order valence-electron chi connectivity index (χ1n) is 6.97. The Balaban J connectivity index is 1.67. The predicted octanol–water partition coefficient (Wildman–Crippen LogP) is 0.570. The third kappa shape index (κ3) is 3.67. The summed E-state index contributed by atoms with van der Waals surface area (Å²) in [4.78, 5) is 12.0. The first-order chi connectivity index (χ1) is 8.71. The fraction of sp³-hybridized carbons (Fsp3) is 0.923. The number of hydrogen-bond donors (Lipinski definition) is 2. The van der Waals surface area contributed by atoms with Crippen LogP contribution in [0.2, 0.25) is 0 Å². The lowest BCUT2D eigenvalue weighted by atomic mass is 9.90. The van der Waals surface area contributed by atoms with Crippen molar-refractivity contribution in [2.24, 2.45) is 5.73 Å². The summed E-state index contributed by atoms with van der Waals surface area (Å²) in [6.07, 6.45) is 5.92. The van der Waals surface area contributed by atoms with Crippen LogP contribution in [-0.4, -0.2) is 43.9 Å². The molecule has 0 spiro atoms. The van der Waals surface area contributed by atoms with E-state index in [0.717, 1.165) is 25.9 Å². The number of rotatable bonds is 4. The van der Waals surface area contributed by atoms with E-state index >= 15 is 0 Å². The summed E-state index contributed by atoms with van der Waals surface area (Å²) in [5.74, 6) is -0.0402. The molecule has 0 saturated carbocycles. The molecule has 5 heteroatoms. The van der Waals surface area contributed by atoms with Gasteiger partial charge < -0.3 is 20.5 Å². The maximum absolute atomic E-state index is 12.0. The molecule has 0 aromatic rings. The number of nitrogens with one attached hydrogen (secondary N) is 1. The molecule has 2 fully saturated rings. The second-order valence-corrected chi connectivity index (χ2v) is 5.30. The molecule has 1 unspecified atom stereocenters. The summed E-state index contributed by atoms with van der Waals surface area (Å²) in [5, 5.41) is 2.94. The van der Waals surface area contributed by atoms with Crippen LogP contribution in [0.5, 0.6) is 0 Å². The number of carbonyl (C=O) groups excluding carboxylic acids is 1. The number of amides is 1. The third-order valence-electron chi connectivity index (χ3n) is 3.86. The summed E-state index contributed by atoms with van der Waals surface area (Å²) < 4.78 is 10.9. The minimum atomic E-state index is -0.730. The van der Waals surface area contributed by atoms with Gasteiger partial charge >= 0.3 is 0 Å². The fourth-order valence-electron chi connectivity index (χ4n) is 2.52. The highest BCUT2D eigenvalue weighted by Gasteiger charge is 2.35. The topological polar surface area (TPSA) is 73.6 Å². The summed E-state index contributed by atoms with van der Waals surface area (Å²) in [6.45, 7) is 2.67. The molecule has 0 radical (unpaired) electrons. The average Bonchev–Trinajstić information content (AvgIpc) is 2.41. The standard InChI is InChI=1S/C13H24N2O3/c14-13(5-9-17-10-6-13)12(16)15-7-4-11-3-1-2-8-18-11/h11H,1-10,14H2,(H,15,16). The number of hydrogen-bond acceptors (Lipinski definition) is 4. The minimum Gasteiger partial charge on any atom is -0.381 e. The van der Waals surface area contributed by atoms with Gasteiger partial charge in [-0.05, 0) is 38.5 Å². The van der Waals surface area contributed by atoms with Gasteiger partial charge in [0.2, 0.25) is 5.91 Å². The molecule has 2 aliphatic heterocycles. The van der Waals surface area contributed by atoms with Crippen molar-refractivity contribution >= 4 is 5.91 Å². The molecule has 2 aliphatic rings. The molecular formula is C13H24N2O3. The first-order valence-corrected chi connectivity index (χ1v) is 6.97. The molecule has 0 aromatic heterocycles. The normalized spacial score (nSPS) is 27.7. The highest BCUT2D eigenvalue weighted by Crippen LogP contribution is 2.18. The fourth-order valence-corrected chi connectivity index (χ4v) is 2.52. The van der Waals surface area contributed by atoms with Gasteiger partial charge in [-0.25, -0.2) is 0 Å². The van der Waals surface area contributed by atoms with Gasteiger partial charge in [0.1, 0.15) is 0 Å². The molecule has 104 valence electrons. The molecular weight excluding hydrogens is 232 g/mol. The van der Waals surface area contributed by atoms with Gasteiger partial charge in [0.05, 0.1) is 11.6 Å². The zero-order valence-corrected chi connectivity index (χ0v) is 11.0.